The summed E-state index contributed by atoms with van der Waals surface area (Å²) in [6.45, 7) is -1.70. The second kappa shape index (κ2) is 15.4. The van der Waals surface area contributed by atoms with Crippen molar-refractivity contribution < 1.29 is 24.6 Å². The van der Waals surface area contributed by atoms with Crippen LogP contribution in [0.2, 0.25) is 0 Å². The molecular weight excluding hydrogens is 656 g/mol. The molecule has 5 rings (SSSR count). The third-order valence-corrected chi connectivity index (χ3v) is 14.6. The van der Waals surface area contributed by atoms with Crippen molar-refractivity contribution in [2.24, 2.45) is 5.92 Å². The van der Waals surface area contributed by atoms with Gasteiger partial charge in [0.05, 0.1) is 12.5 Å². The third kappa shape index (κ3) is 6.95. The number of tetrazole rings is 1. The van der Waals surface area contributed by atoms with Gasteiger partial charge in [-0.1, -0.05) is 115 Å². The first-order valence-corrected chi connectivity index (χ1v) is 18.7. The predicted molar refractivity (Wildman–Crippen MR) is 188 cm³/mol. The number of nitrogens with zero attached hydrogens (tertiary/aromatic N) is 6. The number of carboxylic acid groups (broad SMARTS) is 1. The summed E-state index contributed by atoms with van der Waals surface area (Å²) in [6.07, 6.45) is 0.673. The normalized spacial score (nSPS) is 17.0. The van der Waals surface area contributed by atoms with Crippen LogP contribution in [0.3, 0.4) is 0 Å². The summed E-state index contributed by atoms with van der Waals surface area (Å²) in [4.78, 5) is 43.9. The zero-order chi connectivity index (χ0) is 33.6. The summed E-state index contributed by atoms with van der Waals surface area (Å²) in [6, 6.07) is 28.1. The maximum absolute atomic E-state index is 13.7. The molecule has 14 heteroatoms. The molecule has 4 aromatic rings. The summed E-state index contributed by atoms with van der Waals surface area (Å²) in [5, 5.41) is 35.1. The second-order valence-corrected chi connectivity index (χ2v) is 16.7. The van der Waals surface area contributed by atoms with E-state index in [1.165, 1.54) is 16.7 Å². The van der Waals surface area contributed by atoms with Crippen molar-refractivity contribution in [3.05, 3.63) is 91.0 Å². The van der Waals surface area contributed by atoms with E-state index in [4.69, 9.17) is 0 Å². The van der Waals surface area contributed by atoms with Crippen LogP contribution in [0, 0.1) is 5.92 Å². The number of carboxylic acids is 1. The average molecular weight is 693 g/mol. The van der Waals surface area contributed by atoms with E-state index in [9.17, 15) is 24.6 Å². The van der Waals surface area contributed by atoms with Crippen LogP contribution in [0.5, 0.6) is 0 Å². The van der Waals surface area contributed by atoms with Gasteiger partial charge < -0.3 is 10.2 Å². The first-order valence-electron chi connectivity index (χ1n) is 15.1. The van der Waals surface area contributed by atoms with Gasteiger partial charge >= 0.3 is 5.97 Å². The minimum Gasteiger partial charge on any atom is -0.477 e. The Morgan fingerprint density at radius 3 is 1.94 bits per heavy atom. The smallest absolute Gasteiger partial charge is 0.353 e. The molecule has 1 aliphatic heterocycles. The Bertz CT molecular complexity index is 1650. The van der Waals surface area contributed by atoms with Gasteiger partial charge in [-0.2, -0.15) is 0 Å². The molecule has 0 radical (unpaired) electrons. The van der Waals surface area contributed by atoms with Crippen molar-refractivity contribution in [2.75, 3.05) is 26.5 Å². The number of hydrogen-bond acceptors (Lipinski definition) is 10. The molecule has 1 unspecified atom stereocenters. The van der Waals surface area contributed by atoms with Gasteiger partial charge in [-0.15, -0.1) is 5.10 Å². The molecular formula is C33H37N6O5PS2. The summed E-state index contributed by atoms with van der Waals surface area (Å²) < 4.78 is 1.72. The van der Waals surface area contributed by atoms with E-state index >= 15 is 0 Å². The summed E-state index contributed by atoms with van der Waals surface area (Å²) in [7, 11) is 3.87. The van der Waals surface area contributed by atoms with Gasteiger partial charge in [-0.3, -0.25) is 19.4 Å². The molecule has 1 aliphatic rings. The Morgan fingerprint density at radius 1 is 0.936 bits per heavy atom. The van der Waals surface area contributed by atoms with E-state index in [2.05, 4.69) is 15.5 Å². The monoisotopic (exact) mass is 692 g/mol. The molecule has 3 aromatic carbocycles. The second-order valence-electron chi connectivity index (χ2n) is 11.1. The standard InChI is InChI=1S/C33H37N6O5PS2/c1-23(37(2)3)39-33(34-35-36-39)46-21-13-20-28(41)47-31-27(22-40)29(42)38(31)30(32(43)44)45(24-14-7-4-8-15-24,25-16-9-5-10-17-25)26-18-11-6-12-19-26/h4-12,14-19,23,27,31,40H,13,20-22H2,1-3H3,(H,43,44)/t23?,27-,31+/m0/s1. The summed E-state index contributed by atoms with van der Waals surface area (Å²) in [5.74, 6) is -2.09. The lowest BCUT2D eigenvalue weighted by molar-refractivity contribution is -0.147. The SMILES string of the molecule is CC(N(C)C)n1nnnc1SCCCC(=O)S[C@@H]1[C@@H](CO)C(=O)N1C(C(=O)O)=P(c1ccccc1)(c1ccccc1)c1ccccc1. The van der Waals surface area contributed by atoms with Crippen LogP contribution in [0.25, 0.3) is 0 Å². The number of likely N-dealkylation sites (tertiary alicyclic amines) is 1. The molecule has 0 bridgehead atoms. The first kappa shape index (κ1) is 34.6. The summed E-state index contributed by atoms with van der Waals surface area (Å²) in [5.41, 5.74) is -0.0847. The van der Waals surface area contributed by atoms with Gasteiger partial charge in [0.25, 0.3) is 0 Å². The molecule has 0 aliphatic carbocycles. The van der Waals surface area contributed by atoms with E-state index in [1.54, 1.807) is 4.68 Å². The van der Waals surface area contributed by atoms with Crippen LogP contribution in [0.4, 0.5) is 0 Å². The fraction of sp³-hybridized carbons (Fsp3) is 0.303. The van der Waals surface area contributed by atoms with Crippen molar-refractivity contribution in [3.63, 3.8) is 0 Å². The zero-order valence-electron chi connectivity index (χ0n) is 26.3. The Morgan fingerprint density at radius 2 is 1.47 bits per heavy atom. The molecule has 0 saturated carbocycles. The van der Waals surface area contributed by atoms with Crippen LogP contribution in [0.15, 0.2) is 96.2 Å². The highest BCUT2D eigenvalue weighted by Gasteiger charge is 2.54. The van der Waals surface area contributed by atoms with Crippen LogP contribution in [-0.4, -0.2) is 94.5 Å². The van der Waals surface area contributed by atoms with Crippen molar-refractivity contribution in [1.29, 1.82) is 0 Å². The maximum atomic E-state index is 13.7. The van der Waals surface area contributed by atoms with E-state index in [0.717, 1.165) is 27.7 Å². The van der Waals surface area contributed by atoms with E-state index in [-0.39, 0.29) is 23.1 Å². The topological polar surface area (TPSA) is 142 Å². The highest BCUT2D eigenvalue weighted by molar-refractivity contribution is 8.14. The highest BCUT2D eigenvalue weighted by Crippen LogP contribution is 2.50. The molecule has 1 saturated heterocycles. The van der Waals surface area contributed by atoms with Crippen molar-refractivity contribution in [3.8, 4) is 0 Å². The minimum atomic E-state index is -3.18. The van der Waals surface area contributed by atoms with E-state index < -0.39 is 36.7 Å². The number of carbonyl (C=O) groups excluding carboxylic acids is 2. The molecule has 1 fully saturated rings. The van der Waals surface area contributed by atoms with Gasteiger partial charge in [-0.25, -0.2) is 9.48 Å². The molecule has 246 valence electrons. The Labute approximate surface area is 282 Å². The number of thioether (sulfide) groups is 2. The largest absolute Gasteiger partial charge is 0.477 e. The molecule has 2 heterocycles. The quantitative estimate of drug-likeness (QED) is 0.0873. The molecule has 0 spiro atoms. The summed E-state index contributed by atoms with van der Waals surface area (Å²) >= 11 is 2.36. The number of benzene rings is 3. The molecule has 2 N–H and O–H groups in total. The van der Waals surface area contributed by atoms with Gasteiger partial charge in [0.1, 0.15) is 17.0 Å². The van der Waals surface area contributed by atoms with Crippen molar-refractivity contribution in [2.45, 2.75) is 36.5 Å². The van der Waals surface area contributed by atoms with Gasteiger partial charge in [0, 0.05) is 19.1 Å². The highest BCUT2D eigenvalue weighted by atomic mass is 32.2. The van der Waals surface area contributed by atoms with E-state index in [0.29, 0.717) is 17.3 Å². The number of aromatic nitrogens is 4. The zero-order valence-corrected chi connectivity index (χ0v) is 28.8. The van der Waals surface area contributed by atoms with Crippen LogP contribution in [0.1, 0.15) is 25.9 Å². The Hall–Kier alpha value is -3.74. The first-order chi connectivity index (χ1) is 22.7. The number of β-lactam (4-membered cyclic amide) rings is 1. The van der Waals surface area contributed by atoms with Crippen LogP contribution >= 0.6 is 30.4 Å². The predicted octanol–water partition coefficient (Wildman–Crippen LogP) is 2.87. The van der Waals surface area contributed by atoms with Crippen molar-refractivity contribution in [1.82, 2.24) is 30.0 Å². The molecule has 11 nitrogen and oxygen atoms in total. The molecule has 1 aromatic heterocycles. The average Bonchev–Trinajstić information content (AvgIpc) is 3.56. The maximum Gasteiger partial charge on any atom is 0.353 e. The number of hydrogen-bond donors (Lipinski definition) is 2. The Kier molecular flexibility index (Phi) is 11.4. The molecule has 3 atom stereocenters. The van der Waals surface area contributed by atoms with Crippen molar-refractivity contribution >= 4 is 68.7 Å². The number of amides is 1. The fourth-order valence-corrected chi connectivity index (χ4v) is 12.0. The number of aliphatic hydroxyl groups is 1. The number of rotatable bonds is 14. The molecule has 47 heavy (non-hydrogen) atoms. The van der Waals surface area contributed by atoms with Gasteiger partial charge in [0.15, 0.2) is 5.12 Å². The van der Waals surface area contributed by atoms with Crippen LogP contribution < -0.4 is 15.9 Å². The van der Waals surface area contributed by atoms with Gasteiger partial charge in [0.2, 0.25) is 11.1 Å². The molecule has 1 amide bonds. The van der Waals surface area contributed by atoms with Gasteiger partial charge in [-0.05, 0) is 53.8 Å². The van der Waals surface area contributed by atoms with Crippen LogP contribution in [-0.2, 0) is 14.4 Å². The third-order valence-electron chi connectivity index (χ3n) is 8.09. The number of aliphatic carboxylic acids is 1. The number of carbonyl (C=O) groups is 3. The lowest BCUT2D eigenvalue weighted by Crippen LogP contribution is -2.65. The number of aliphatic hydroxyl groups excluding tert-OH is 1. The lowest BCUT2D eigenvalue weighted by Gasteiger charge is -2.48. The fourth-order valence-electron chi connectivity index (χ4n) is 5.54. The lowest BCUT2D eigenvalue weighted by atomic mass is 9.99. The Balaban J connectivity index is 1.49. The van der Waals surface area contributed by atoms with E-state index in [1.807, 2.05) is 117 Å². The minimum absolute atomic E-state index is 0.0421.